The molecule has 1 aromatic carbocycles. The number of rotatable bonds is 5. The third kappa shape index (κ3) is 4.81. The Labute approximate surface area is 140 Å². The fraction of sp³-hybridized carbons (Fsp3) is 0.333. The SMILES string of the molecule is O=C(OCC1CCCCO1)c1ccc(Sc2ccccn2)cc1. The van der Waals surface area contributed by atoms with Gasteiger partial charge in [0.25, 0.3) is 0 Å². The molecule has 1 aliphatic rings. The monoisotopic (exact) mass is 329 g/mol. The summed E-state index contributed by atoms with van der Waals surface area (Å²) in [6, 6.07) is 13.2. The van der Waals surface area contributed by atoms with Gasteiger partial charge in [-0.1, -0.05) is 17.8 Å². The largest absolute Gasteiger partial charge is 0.459 e. The van der Waals surface area contributed by atoms with E-state index >= 15 is 0 Å². The minimum absolute atomic E-state index is 0.0479. The fourth-order valence-corrected chi connectivity index (χ4v) is 3.15. The summed E-state index contributed by atoms with van der Waals surface area (Å²) in [4.78, 5) is 17.4. The lowest BCUT2D eigenvalue weighted by atomic mass is 10.1. The van der Waals surface area contributed by atoms with Crippen LogP contribution in [0.3, 0.4) is 0 Å². The van der Waals surface area contributed by atoms with Gasteiger partial charge in [0.2, 0.25) is 0 Å². The van der Waals surface area contributed by atoms with E-state index in [1.54, 1.807) is 30.1 Å². The molecule has 3 rings (SSSR count). The number of ether oxygens (including phenoxy) is 2. The molecule has 2 aromatic rings. The number of benzene rings is 1. The smallest absolute Gasteiger partial charge is 0.338 e. The summed E-state index contributed by atoms with van der Waals surface area (Å²) in [5.41, 5.74) is 0.561. The molecule has 4 nitrogen and oxygen atoms in total. The first-order chi connectivity index (χ1) is 11.3. The number of hydrogen-bond donors (Lipinski definition) is 0. The van der Waals surface area contributed by atoms with E-state index < -0.39 is 0 Å². The second-order valence-corrected chi connectivity index (χ2v) is 6.48. The first-order valence-electron chi connectivity index (χ1n) is 7.79. The number of carbonyl (C=O) groups is 1. The average Bonchev–Trinajstić information content (AvgIpc) is 2.62. The lowest BCUT2D eigenvalue weighted by Crippen LogP contribution is -2.25. The van der Waals surface area contributed by atoms with E-state index in [1.807, 2.05) is 30.3 Å². The van der Waals surface area contributed by atoms with Gasteiger partial charge in [-0.25, -0.2) is 9.78 Å². The van der Waals surface area contributed by atoms with Crippen LogP contribution >= 0.6 is 11.8 Å². The molecule has 0 amide bonds. The van der Waals surface area contributed by atoms with Gasteiger partial charge in [0.1, 0.15) is 11.6 Å². The molecule has 0 N–H and O–H groups in total. The van der Waals surface area contributed by atoms with Crippen molar-refractivity contribution in [1.82, 2.24) is 4.98 Å². The Balaban J connectivity index is 1.52. The van der Waals surface area contributed by atoms with Gasteiger partial charge < -0.3 is 9.47 Å². The van der Waals surface area contributed by atoms with Gasteiger partial charge in [0.15, 0.2) is 0 Å². The highest BCUT2D eigenvalue weighted by atomic mass is 32.2. The summed E-state index contributed by atoms with van der Waals surface area (Å²) >= 11 is 1.56. The van der Waals surface area contributed by atoms with Crippen molar-refractivity contribution in [1.29, 1.82) is 0 Å². The molecular weight excluding hydrogens is 310 g/mol. The van der Waals surface area contributed by atoms with Crippen molar-refractivity contribution >= 4 is 17.7 Å². The van der Waals surface area contributed by atoms with E-state index in [0.29, 0.717) is 12.2 Å². The quantitative estimate of drug-likeness (QED) is 0.777. The van der Waals surface area contributed by atoms with Crippen LogP contribution in [0.4, 0.5) is 0 Å². The topological polar surface area (TPSA) is 48.4 Å². The zero-order chi connectivity index (χ0) is 15.9. The number of pyridine rings is 1. The highest BCUT2D eigenvalue weighted by molar-refractivity contribution is 7.99. The lowest BCUT2D eigenvalue weighted by Gasteiger charge is -2.22. The first kappa shape index (κ1) is 16.0. The number of carbonyl (C=O) groups excluding carboxylic acids is 1. The van der Waals surface area contributed by atoms with Crippen molar-refractivity contribution in [3.8, 4) is 0 Å². The van der Waals surface area contributed by atoms with Crippen LogP contribution in [0.15, 0.2) is 58.6 Å². The van der Waals surface area contributed by atoms with Gasteiger partial charge in [-0.2, -0.15) is 0 Å². The summed E-state index contributed by atoms with van der Waals surface area (Å²) in [6.45, 7) is 1.10. The van der Waals surface area contributed by atoms with Gasteiger partial charge >= 0.3 is 5.97 Å². The van der Waals surface area contributed by atoms with E-state index in [4.69, 9.17) is 9.47 Å². The number of hydrogen-bond acceptors (Lipinski definition) is 5. The zero-order valence-corrected chi connectivity index (χ0v) is 13.6. The molecule has 120 valence electrons. The van der Waals surface area contributed by atoms with Crippen LogP contribution in [-0.2, 0) is 9.47 Å². The van der Waals surface area contributed by atoms with E-state index in [-0.39, 0.29) is 12.1 Å². The minimum Gasteiger partial charge on any atom is -0.459 e. The second-order valence-electron chi connectivity index (χ2n) is 5.38. The summed E-state index contributed by atoms with van der Waals surface area (Å²) in [5, 5.41) is 0.928. The number of aromatic nitrogens is 1. The molecule has 2 heterocycles. The van der Waals surface area contributed by atoms with Gasteiger partial charge in [-0.05, 0) is 55.7 Å². The molecule has 1 aromatic heterocycles. The van der Waals surface area contributed by atoms with Crippen LogP contribution < -0.4 is 0 Å². The minimum atomic E-state index is -0.298. The third-order valence-electron chi connectivity index (χ3n) is 3.62. The molecule has 0 bridgehead atoms. The van der Waals surface area contributed by atoms with Gasteiger partial charge in [0.05, 0.1) is 11.7 Å². The van der Waals surface area contributed by atoms with Crippen LogP contribution in [-0.4, -0.2) is 30.3 Å². The standard InChI is InChI=1S/C18H19NO3S/c20-18(22-13-15-5-2-4-12-21-15)14-7-9-16(10-8-14)23-17-6-1-3-11-19-17/h1,3,6-11,15H,2,4-5,12-13H2. The molecule has 0 radical (unpaired) electrons. The Bertz CT molecular complexity index is 624. The summed E-state index contributed by atoms with van der Waals surface area (Å²) in [5.74, 6) is -0.298. The van der Waals surface area contributed by atoms with E-state index in [2.05, 4.69) is 4.98 Å². The van der Waals surface area contributed by atoms with Crippen molar-refractivity contribution < 1.29 is 14.3 Å². The normalized spacial score (nSPS) is 17.7. The van der Waals surface area contributed by atoms with E-state index in [1.165, 1.54) is 0 Å². The Morgan fingerprint density at radius 1 is 1.22 bits per heavy atom. The van der Waals surface area contributed by atoms with Crippen LogP contribution in [0.25, 0.3) is 0 Å². The molecule has 1 fully saturated rings. The first-order valence-corrected chi connectivity index (χ1v) is 8.60. The van der Waals surface area contributed by atoms with Gasteiger partial charge in [-0.3, -0.25) is 0 Å². The van der Waals surface area contributed by atoms with Crippen molar-refractivity contribution in [2.24, 2.45) is 0 Å². The zero-order valence-electron chi connectivity index (χ0n) is 12.8. The maximum atomic E-state index is 12.1. The second kappa shape index (κ2) is 8.13. The van der Waals surface area contributed by atoms with Crippen molar-refractivity contribution in [3.05, 3.63) is 54.2 Å². The molecule has 23 heavy (non-hydrogen) atoms. The summed E-state index contributed by atoms with van der Waals surface area (Å²) in [6.07, 6.45) is 5.02. The number of esters is 1. The Hall–Kier alpha value is -1.85. The molecule has 5 heteroatoms. The molecule has 1 saturated heterocycles. The third-order valence-corrected chi connectivity index (χ3v) is 4.58. The highest BCUT2D eigenvalue weighted by Gasteiger charge is 2.16. The Morgan fingerprint density at radius 2 is 2.09 bits per heavy atom. The number of nitrogens with zero attached hydrogens (tertiary/aromatic N) is 1. The van der Waals surface area contributed by atoms with Crippen LogP contribution in [0.2, 0.25) is 0 Å². The maximum absolute atomic E-state index is 12.1. The highest BCUT2D eigenvalue weighted by Crippen LogP contribution is 2.25. The predicted octanol–water partition coefficient (Wildman–Crippen LogP) is 3.96. The lowest BCUT2D eigenvalue weighted by molar-refractivity contribution is -0.0300. The van der Waals surface area contributed by atoms with Gasteiger partial charge in [0, 0.05) is 17.7 Å². The summed E-state index contributed by atoms with van der Waals surface area (Å²) < 4.78 is 10.9. The van der Waals surface area contributed by atoms with Crippen LogP contribution in [0.5, 0.6) is 0 Å². The molecule has 1 unspecified atom stereocenters. The van der Waals surface area contributed by atoms with Crippen molar-refractivity contribution in [2.45, 2.75) is 35.3 Å². The molecule has 0 spiro atoms. The maximum Gasteiger partial charge on any atom is 0.338 e. The average molecular weight is 329 g/mol. The molecular formula is C18H19NO3S. The van der Waals surface area contributed by atoms with Crippen molar-refractivity contribution in [3.63, 3.8) is 0 Å². The Morgan fingerprint density at radius 3 is 2.78 bits per heavy atom. The molecule has 1 aliphatic heterocycles. The van der Waals surface area contributed by atoms with Crippen LogP contribution in [0, 0.1) is 0 Å². The van der Waals surface area contributed by atoms with Gasteiger partial charge in [-0.15, -0.1) is 0 Å². The fourth-order valence-electron chi connectivity index (χ4n) is 2.38. The predicted molar refractivity (Wildman–Crippen MR) is 88.7 cm³/mol. The van der Waals surface area contributed by atoms with Crippen LogP contribution in [0.1, 0.15) is 29.6 Å². The molecule has 1 atom stereocenters. The van der Waals surface area contributed by atoms with Crippen molar-refractivity contribution in [2.75, 3.05) is 13.2 Å². The van der Waals surface area contributed by atoms with E-state index in [9.17, 15) is 4.79 Å². The summed E-state index contributed by atoms with van der Waals surface area (Å²) in [7, 11) is 0. The molecule has 0 saturated carbocycles. The Kier molecular flexibility index (Phi) is 5.66. The van der Waals surface area contributed by atoms with E-state index in [0.717, 1.165) is 35.8 Å². The molecule has 0 aliphatic carbocycles.